The molecule has 1 fully saturated rings. The first kappa shape index (κ1) is 10.3. The zero-order chi connectivity index (χ0) is 11.5. The molecule has 4 bridgehead atoms. The van der Waals surface area contributed by atoms with Crippen LogP contribution >= 0.6 is 0 Å². The summed E-state index contributed by atoms with van der Waals surface area (Å²) in [6.45, 7) is 4.10. The Kier molecular flexibility index (Phi) is 1.97. The Bertz CT molecular complexity index is 418. The van der Waals surface area contributed by atoms with Gasteiger partial charge in [0.15, 0.2) is 5.78 Å². The molecular formula is C14H18O2. The predicted octanol–water partition coefficient (Wildman–Crippen LogP) is 2.24. The van der Waals surface area contributed by atoms with E-state index in [1.165, 1.54) is 11.1 Å². The lowest BCUT2D eigenvalue weighted by molar-refractivity contribution is -0.125. The molecule has 3 aliphatic carbocycles. The van der Waals surface area contributed by atoms with E-state index in [2.05, 4.69) is 6.92 Å². The fourth-order valence-electron chi connectivity index (χ4n) is 4.12. The Morgan fingerprint density at radius 3 is 2.81 bits per heavy atom. The number of rotatable bonds is 0. The van der Waals surface area contributed by atoms with Gasteiger partial charge in [-0.3, -0.25) is 4.79 Å². The lowest BCUT2D eigenvalue weighted by atomic mass is 9.74. The second-order valence-electron chi connectivity index (χ2n) is 5.89. The van der Waals surface area contributed by atoms with Crippen molar-refractivity contribution >= 4 is 5.78 Å². The fourth-order valence-corrected chi connectivity index (χ4v) is 4.12. The van der Waals surface area contributed by atoms with E-state index in [-0.39, 0.29) is 11.7 Å². The third kappa shape index (κ3) is 1.26. The van der Waals surface area contributed by atoms with Gasteiger partial charge in [-0.1, -0.05) is 17.2 Å². The smallest absolute Gasteiger partial charge is 0.162 e. The van der Waals surface area contributed by atoms with Crippen LogP contribution in [0.15, 0.2) is 23.3 Å². The molecule has 4 atom stereocenters. The molecular weight excluding hydrogens is 200 g/mol. The molecule has 0 aromatic heterocycles. The van der Waals surface area contributed by atoms with E-state index in [0.717, 1.165) is 19.3 Å². The molecule has 1 saturated carbocycles. The maximum Gasteiger partial charge on any atom is 0.162 e. The summed E-state index contributed by atoms with van der Waals surface area (Å²) < 4.78 is 0. The van der Waals surface area contributed by atoms with Crippen molar-refractivity contribution in [2.24, 2.45) is 17.8 Å². The molecule has 0 aromatic carbocycles. The standard InChI is InChI=1S/C14H18O2/c1-8-3-10-7-14(16)6-9(2)4-11(10)13(14)12(15)5-8/h5-6,10-11,13,16H,3-4,7H2,1-2H3/t10-,11+,13+,14+/m0/s1. The SMILES string of the molecule is CC1=CC(=O)[C@H]2[C@@H]3CC(C)=C[C@@]2(O)C[C@@H]3C1. The van der Waals surface area contributed by atoms with Crippen molar-refractivity contribution in [1.29, 1.82) is 0 Å². The van der Waals surface area contributed by atoms with Gasteiger partial charge < -0.3 is 5.11 Å². The van der Waals surface area contributed by atoms with E-state index < -0.39 is 5.60 Å². The molecule has 16 heavy (non-hydrogen) atoms. The van der Waals surface area contributed by atoms with Crippen LogP contribution in [0.2, 0.25) is 0 Å². The van der Waals surface area contributed by atoms with Gasteiger partial charge in [0.2, 0.25) is 0 Å². The van der Waals surface area contributed by atoms with Crippen LogP contribution in [0.1, 0.15) is 33.1 Å². The summed E-state index contributed by atoms with van der Waals surface area (Å²) in [5.74, 6) is 0.843. The molecule has 86 valence electrons. The molecule has 3 rings (SSSR count). The zero-order valence-electron chi connectivity index (χ0n) is 9.86. The average molecular weight is 218 g/mol. The van der Waals surface area contributed by atoms with Gasteiger partial charge in [0.25, 0.3) is 0 Å². The lowest BCUT2D eigenvalue weighted by Gasteiger charge is -2.33. The van der Waals surface area contributed by atoms with Crippen LogP contribution in [-0.4, -0.2) is 16.5 Å². The predicted molar refractivity (Wildman–Crippen MR) is 61.8 cm³/mol. The number of hydrogen-bond acceptors (Lipinski definition) is 2. The minimum absolute atomic E-state index is 0.147. The van der Waals surface area contributed by atoms with Gasteiger partial charge in [-0.2, -0.15) is 0 Å². The quantitative estimate of drug-likeness (QED) is 0.633. The molecule has 3 aliphatic rings. The number of allylic oxidation sites excluding steroid dienone is 3. The summed E-state index contributed by atoms with van der Waals surface area (Å²) in [6.07, 6.45) is 6.45. The summed E-state index contributed by atoms with van der Waals surface area (Å²) in [7, 11) is 0. The molecule has 0 aliphatic heterocycles. The number of hydrogen-bond donors (Lipinski definition) is 1. The Balaban J connectivity index is 2.10. The molecule has 0 radical (unpaired) electrons. The highest BCUT2D eigenvalue weighted by Gasteiger charge is 2.56. The van der Waals surface area contributed by atoms with E-state index in [0.29, 0.717) is 11.8 Å². The van der Waals surface area contributed by atoms with Crippen LogP contribution in [0.5, 0.6) is 0 Å². The van der Waals surface area contributed by atoms with Crippen molar-refractivity contribution in [3.63, 3.8) is 0 Å². The van der Waals surface area contributed by atoms with Crippen molar-refractivity contribution in [2.45, 2.75) is 38.7 Å². The first-order valence-corrected chi connectivity index (χ1v) is 6.11. The number of aliphatic hydroxyl groups is 1. The van der Waals surface area contributed by atoms with Gasteiger partial charge in [0, 0.05) is 0 Å². The minimum atomic E-state index is -0.841. The Hall–Kier alpha value is -0.890. The lowest BCUT2D eigenvalue weighted by Crippen LogP contribution is -2.40. The molecule has 1 N–H and O–H groups in total. The van der Waals surface area contributed by atoms with Gasteiger partial charge in [-0.05, 0) is 51.0 Å². The first-order chi connectivity index (χ1) is 7.49. The summed E-state index contributed by atoms with van der Waals surface area (Å²) in [5, 5.41) is 10.6. The average Bonchev–Trinajstić information content (AvgIpc) is 2.23. The highest BCUT2D eigenvalue weighted by molar-refractivity contribution is 5.94. The molecule has 0 aromatic rings. The number of ketones is 1. The number of carbonyl (C=O) groups excluding carboxylic acids is 1. The zero-order valence-corrected chi connectivity index (χ0v) is 9.86. The monoisotopic (exact) mass is 218 g/mol. The normalized spacial score (nSPS) is 46.2. The van der Waals surface area contributed by atoms with Gasteiger partial charge in [-0.25, -0.2) is 0 Å². The van der Waals surface area contributed by atoms with Crippen LogP contribution in [0.25, 0.3) is 0 Å². The molecule has 2 heteroatoms. The highest BCUT2D eigenvalue weighted by atomic mass is 16.3. The molecule has 0 heterocycles. The van der Waals surface area contributed by atoms with E-state index >= 15 is 0 Å². The van der Waals surface area contributed by atoms with Crippen LogP contribution < -0.4 is 0 Å². The second-order valence-corrected chi connectivity index (χ2v) is 5.89. The van der Waals surface area contributed by atoms with Crippen molar-refractivity contribution in [1.82, 2.24) is 0 Å². The van der Waals surface area contributed by atoms with Crippen molar-refractivity contribution in [2.75, 3.05) is 0 Å². The van der Waals surface area contributed by atoms with Gasteiger partial charge in [-0.15, -0.1) is 0 Å². The summed E-state index contributed by atoms with van der Waals surface area (Å²) in [4.78, 5) is 12.1. The highest BCUT2D eigenvalue weighted by Crippen LogP contribution is 2.55. The molecule has 0 amide bonds. The van der Waals surface area contributed by atoms with Crippen molar-refractivity contribution in [3.05, 3.63) is 23.3 Å². The molecule has 2 nitrogen and oxygen atoms in total. The third-order valence-corrected chi connectivity index (χ3v) is 4.49. The van der Waals surface area contributed by atoms with E-state index in [4.69, 9.17) is 0 Å². The van der Waals surface area contributed by atoms with Crippen LogP contribution in [0.3, 0.4) is 0 Å². The van der Waals surface area contributed by atoms with Gasteiger partial charge in [0.05, 0.1) is 11.5 Å². The fraction of sp³-hybridized carbons (Fsp3) is 0.643. The number of carbonyl (C=O) groups is 1. The third-order valence-electron chi connectivity index (χ3n) is 4.49. The summed E-state index contributed by atoms with van der Waals surface area (Å²) in [5.41, 5.74) is 1.59. The van der Waals surface area contributed by atoms with Gasteiger partial charge >= 0.3 is 0 Å². The van der Waals surface area contributed by atoms with E-state index in [9.17, 15) is 9.90 Å². The van der Waals surface area contributed by atoms with Crippen molar-refractivity contribution in [3.8, 4) is 0 Å². The van der Waals surface area contributed by atoms with Crippen LogP contribution in [0.4, 0.5) is 0 Å². The van der Waals surface area contributed by atoms with Crippen LogP contribution in [0, 0.1) is 17.8 Å². The maximum absolute atomic E-state index is 12.1. The van der Waals surface area contributed by atoms with Crippen molar-refractivity contribution < 1.29 is 9.90 Å². The van der Waals surface area contributed by atoms with E-state index in [1.54, 1.807) is 6.08 Å². The largest absolute Gasteiger partial charge is 0.385 e. The summed E-state index contributed by atoms with van der Waals surface area (Å²) in [6, 6.07) is 0. The van der Waals surface area contributed by atoms with Gasteiger partial charge in [0.1, 0.15) is 0 Å². The van der Waals surface area contributed by atoms with E-state index in [1.807, 2.05) is 13.0 Å². The first-order valence-electron chi connectivity index (χ1n) is 6.11. The molecule has 0 saturated heterocycles. The van der Waals surface area contributed by atoms with Crippen LogP contribution in [-0.2, 0) is 4.79 Å². The molecule has 0 spiro atoms. The Morgan fingerprint density at radius 1 is 1.31 bits per heavy atom. The molecule has 0 unspecified atom stereocenters. The topological polar surface area (TPSA) is 37.3 Å². The second kappa shape index (κ2) is 3.07. The Morgan fingerprint density at radius 2 is 2.06 bits per heavy atom. The minimum Gasteiger partial charge on any atom is -0.385 e. The maximum atomic E-state index is 12.1. The Labute approximate surface area is 96.0 Å². The summed E-state index contributed by atoms with van der Waals surface area (Å²) >= 11 is 0.